The van der Waals surface area contributed by atoms with Gasteiger partial charge in [0, 0.05) is 5.56 Å². The maximum atomic E-state index is 13.7. The molecule has 0 bridgehead atoms. The number of carbonyl (C=O) groups is 3. The minimum Gasteiger partial charge on any atom is -0.507 e. The molecular formula is C34H40N2O8S. The Hall–Kier alpha value is -4.38. The largest absolute Gasteiger partial charge is 0.507 e. The number of aliphatic hydroxyl groups excluding tert-OH is 1. The van der Waals surface area contributed by atoms with Crippen LogP contribution in [0.15, 0.2) is 48.0 Å². The number of hydrogen-bond donors (Lipinski definition) is 1. The van der Waals surface area contributed by atoms with Crippen LogP contribution < -0.4 is 19.1 Å². The van der Waals surface area contributed by atoms with Crippen LogP contribution in [0.1, 0.15) is 80.0 Å². The van der Waals surface area contributed by atoms with Gasteiger partial charge in [-0.1, -0.05) is 38.2 Å². The number of aryl methyl sites for hydroxylation is 1. The van der Waals surface area contributed by atoms with Crippen LogP contribution in [0.4, 0.5) is 5.13 Å². The number of ketones is 1. The van der Waals surface area contributed by atoms with E-state index in [1.165, 1.54) is 4.90 Å². The van der Waals surface area contributed by atoms with E-state index in [1.54, 1.807) is 56.3 Å². The molecule has 0 radical (unpaired) electrons. The highest BCUT2D eigenvalue weighted by molar-refractivity contribution is 7.17. The third kappa shape index (κ3) is 7.47. The molecule has 1 atom stereocenters. The summed E-state index contributed by atoms with van der Waals surface area (Å²) in [4.78, 5) is 46.0. The lowest BCUT2D eigenvalue weighted by Gasteiger charge is -2.24. The Balaban J connectivity index is 1.86. The smallest absolute Gasteiger partial charge is 0.350 e. The zero-order valence-corrected chi connectivity index (χ0v) is 27.4. The highest BCUT2D eigenvalue weighted by Crippen LogP contribution is 2.45. The van der Waals surface area contributed by atoms with Gasteiger partial charge in [-0.15, -0.1) is 0 Å². The molecule has 1 unspecified atom stereocenters. The van der Waals surface area contributed by atoms with E-state index in [-0.39, 0.29) is 27.9 Å². The molecule has 1 saturated heterocycles. The van der Waals surface area contributed by atoms with Gasteiger partial charge in [-0.05, 0) is 81.5 Å². The monoisotopic (exact) mass is 636 g/mol. The molecule has 1 aliphatic rings. The molecule has 0 aliphatic carbocycles. The van der Waals surface area contributed by atoms with Crippen molar-refractivity contribution >= 4 is 39.9 Å². The van der Waals surface area contributed by atoms with E-state index in [4.69, 9.17) is 18.9 Å². The van der Waals surface area contributed by atoms with Crippen LogP contribution in [0, 0.1) is 12.8 Å². The number of carbonyl (C=O) groups excluding carboxylic acids is 3. The number of anilines is 1. The summed E-state index contributed by atoms with van der Waals surface area (Å²) in [7, 11) is 0. The number of Topliss-reactive ketones (excluding diaryl/α,β-unsaturated/α-hetero) is 1. The molecule has 4 rings (SSSR count). The first kappa shape index (κ1) is 33.5. The zero-order chi connectivity index (χ0) is 32.7. The van der Waals surface area contributed by atoms with Crippen molar-refractivity contribution in [2.24, 2.45) is 5.92 Å². The Morgan fingerprint density at radius 3 is 2.36 bits per heavy atom. The predicted octanol–water partition coefficient (Wildman–Crippen LogP) is 6.87. The first-order chi connectivity index (χ1) is 21.6. The summed E-state index contributed by atoms with van der Waals surface area (Å²) in [5.41, 5.74) is 1.07. The molecule has 1 aromatic heterocycles. The Morgan fingerprint density at radius 2 is 1.71 bits per heavy atom. The Morgan fingerprint density at radius 1 is 0.978 bits per heavy atom. The van der Waals surface area contributed by atoms with Gasteiger partial charge in [-0.25, -0.2) is 9.78 Å². The molecule has 1 amide bonds. The molecule has 0 spiro atoms. The van der Waals surface area contributed by atoms with Crippen molar-refractivity contribution in [1.82, 2.24) is 4.98 Å². The van der Waals surface area contributed by atoms with E-state index >= 15 is 0 Å². The lowest BCUT2D eigenvalue weighted by Crippen LogP contribution is -2.29. The van der Waals surface area contributed by atoms with Crippen molar-refractivity contribution in [3.8, 4) is 17.2 Å². The highest BCUT2D eigenvalue weighted by Gasteiger charge is 2.48. The predicted molar refractivity (Wildman–Crippen MR) is 172 cm³/mol. The number of hydrogen-bond acceptors (Lipinski definition) is 10. The van der Waals surface area contributed by atoms with Gasteiger partial charge >= 0.3 is 11.9 Å². The normalized spacial score (nSPS) is 15.9. The van der Waals surface area contributed by atoms with Crippen LogP contribution in [0.5, 0.6) is 17.2 Å². The Bertz CT molecular complexity index is 1560. The number of thiazole rings is 1. The third-order valence-corrected chi connectivity index (χ3v) is 8.17. The first-order valence-electron chi connectivity index (χ1n) is 15.2. The molecule has 0 saturated carbocycles. The quantitative estimate of drug-likeness (QED) is 0.0874. The SMILES string of the molecule is CCCOc1ccc(/C(O)=C2\C(=O)C(=O)N(c3nc(C)c(C(=O)OCC)s3)C2c2ccc(OCCC(C)C)c(OCC)c2)cc1. The van der Waals surface area contributed by atoms with Crippen LogP contribution in [-0.2, 0) is 14.3 Å². The van der Waals surface area contributed by atoms with Gasteiger partial charge in [0.05, 0.1) is 43.7 Å². The average Bonchev–Trinajstić information content (AvgIpc) is 3.52. The second kappa shape index (κ2) is 15.1. The average molecular weight is 637 g/mol. The third-order valence-electron chi connectivity index (χ3n) is 7.03. The molecule has 3 aromatic rings. The van der Waals surface area contributed by atoms with E-state index < -0.39 is 23.7 Å². The number of benzene rings is 2. The summed E-state index contributed by atoms with van der Waals surface area (Å²) in [5.74, 6) is -0.665. The van der Waals surface area contributed by atoms with Crippen LogP contribution in [0.25, 0.3) is 5.76 Å². The Kier molecular flexibility index (Phi) is 11.2. The Labute approximate surface area is 267 Å². The fourth-order valence-corrected chi connectivity index (χ4v) is 5.78. The number of rotatable bonds is 14. The standard InChI is InChI=1S/C34H40N2O8S/c1-7-17-43-24-13-10-22(11-14-24)29(37)27-28(23-12-15-25(26(19-23)41-8-2)44-18-16-20(4)5)36(32(39)30(27)38)34-35-21(6)31(45-34)33(40)42-9-3/h10-15,19-20,28,37H,7-9,16-18H2,1-6H3/b29-27+. The lowest BCUT2D eigenvalue weighted by molar-refractivity contribution is -0.132. The second-order valence-electron chi connectivity index (χ2n) is 10.8. The van der Waals surface area contributed by atoms with Crippen molar-refractivity contribution < 1.29 is 38.4 Å². The number of aromatic nitrogens is 1. The van der Waals surface area contributed by atoms with Gasteiger partial charge in [-0.2, -0.15) is 0 Å². The molecular weight excluding hydrogens is 596 g/mol. The first-order valence-corrected chi connectivity index (χ1v) is 16.0. The van der Waals surface area contributed by atoms with Crippen molar-refractivity contribution in [2.75, 3.05) is 31.3 Å². The van der Waals surface area contributed by atoms with E-state index in [9.17, 15) is 19.5 Å². The maximum absolute atomic E-state index is 13.7. The van der Waals surface area contributed by atoms with E-state index in [0.29, 0.717) is 59.8 Å². The number of nitrogens with zero attached hydrogens (tertiary/aromatic N) is 2. The molecule has 2 heterocycles. The summed E-state index contributed by atoms with van der Waals surface area (Å²) in [6.45, 7) is 12.9. The minimum absolute atomic E-state index is 0.122. The molecule has 1 N–H and O–H groups in total. The molecule has 2 aromatic carbocycles. The van der Waals surface area contributed by atoms with Gasteiger partial charge in [0.25, 0.3) is 5.78 Å². The second-order valence-corrected chi connectivity index (χ2v) is 11.8. The van der Waals surface area contributed by atoms with Gasteiger partial charge < -0.3 is 24.1 Å². The number of esters is 1. The van der Waals surface area contributed by atoms with E-state index in [0.717, 1.165) is 24.2 Å². The van der Waals surface area contributed by atoms with Gasteiger partial charge in [-0.3, -0.25) is 14.5 Å². The van der Waals surface area contributed by atoms with Crippen molar-refractivity contribution in [2.45, 2.75) is 60.4 Å². The summed E-state index contributed by atoms with van der Waals surface area (Å²) in [5, 5.41) is 11.7. The molecule has 10 nitrogen and oxygen atoms in total. The topological polar surface area (TPSA) is 124 Å². The summed E-state index contributed by atoms with van der Waals surface area (Å²) >= 11 is 0.950. The molecule has 45 heavy (non-hydrogen) atoms. The van der Waals surface area contributed by atoms with Crippen molar-refractivity contribution in [1.29, 1.82) is 0 Å². The van der Waals surface area contributed by atoms with Crippen molar-refractivity contribution in [3.05, 3.63) is 69.7 Å². The maximum Gasteiger partial charge on any atom is 0.350 e. The number of ether oxygens (including phenoxy) is 4. The molecule has 11 heteroatoms. The molecule has 1 aliphatic heterocycles. The lowest BCUT2D eigenvalue weighted by atomic mass is 9.95. The zero-order valence-electron chi connectivity index (χ0n) is 26.5. The summed E-state index contributed by atoms with van der Waals surface area (Å²) < 4.78 is 22.8. The minimum atomic E-state index is -1.08. The summed E-state index contributed by atoms with van der Waals surface area (Å²) in [6, 6.07) is 10.8. The van der Waals surface area contributed by atoms with Crippen molar-refractivity contribution in [3.63, 3.8) is 0 Å². The van der Waals surface area contributed by atoms with E-state index in [2.05, 4.69) is 18.8 Å². The van der Waals surface area contributed by atoms with Gasteiger partial charge in [0.15, 0.2) is 16.6 Å². The van der Waals surface area contributed by atoms with Gasteiger partial charge in [0.1, 0.15) is 16.4 Å². The van der Waals surface area contributed by atoms with Crippen LogP contribution in [0.2, 0.25) is 0 Å². The van der Waals surface area contributed by atoms with E-state index in [1.807, 2.05) is 13.8 Å². The summed E-state index contributed by atoms with van der Waals surface area (Å²) in [6.07, 6.45) is 1.69. The fraction of sp³-hybridized carbons (Fsp3) is 0.412. The van der Waals surface area contributed by atoms with Gasteiger partial charge in [0.2, 0.25) is 0 Å². The van der Waals surface area contributed by atoms with Crippen LogP contribution >= 0.6 is 11.3 Å². The highest BCUT2D eigenvalue weighted by atomic mass is 32.1. The number of amides is 1. The fourth-order valence-electron chi connectivity index (χ4n) is 4.79. The van der Waals surface area contributed by atoms with Crippen LogP contribution in [0.3, 0.4) is 0 Å². The van der Waals surface area contributed by atoms with Crippen LogP contribution in [-0.4, -0.2) is 54.2 Å². The number of aliphatic hydroxyl groups is 1. The molecule has 1 fully saturated rings. The molecule has 240 valence electrons.